The van der Waals surface area contributed by atoms with Crippen LogP contribution in [0, 0.1) is 0 Å². The van der Waals surface area contributed by atoms with E-state index in [2.05, 4.69) is 17.2 Å². The van der Waals surface area contributed by atoms with Crippen molar-refractivity contribution in [1.29, 1.82) is 0 Å². The molecule has 1 aromatic heterocycles. The first-order valence-corrected chi connectivity index (χ1v) is 5.42. The Labute approximate surface area is 100 Å². The van der Waals surface area contributed by atoms with Gasteiger partial charge in [0.05, 0.1) is 12.8 Å². The summed E-state index contributed by atoms with van der Waals surface area (Å²) in [4.78, 5) is 5.35. The van der Waals surface area contributed by atoms with E-state index in [1.165, 1.54) is 0 Å². The van der Waals surface area contributed by atoms with Crippen LogP contribution in [0.2, 0.25) is 0 Å². The standard InChI is InChI=1S/C13H15N3O/c1-2-16-10-13(8-14-16)9-15-17-11-12-6-4-3-5-7-12/h2-8,10,15H,1,9,11H2. The average Bonchev–Trinajstić information content (AvgIpc) is 2.84. The van der Waals surface area contributed by atoms with E-state index in [9.17, 15) is 0 Å². The molecule has 0 atom stereocenters. The Kier molecular flexibility index (Phi) is 4.07. The van der Waals surface area contributed by atoms with Crippen molar-refractivity contribution in [1.82, 2.24) is 15.3 Å². The maximum absolute atomic E-state index is 5.35. The van der Waals surface area contributed by atoms with Gasteiger partial charge in [0.25, 0.3) is 0 Å². The SMILES string of the molecule is C=Cn1cc(CNOCc2ccccc2)cn1. The summed E-state index contributed by atoms with van der Waals surface area (Å²) in [6, 6.07) is 10.0. The molecular weight excluding hydrogens is 214 g/mol. The summed E-state index contributed by atoms with van der Waals surface area (Å²) in [6.45, 7) is 4.81. The highest BCUT2D eigenvalue weighted by Gasteiger charge is 1.96. The van der Waals surface area contributed by atoms with Gasteiger partial charge in [0.15, 0.2) is 0 Å². The molecule has 4 nitrogen and oxygen atoms in total. The molecule has 4 heteroatoms. The van der Waals surface area contributed by atoms with E-state index >= 15 is 0 Å². The molecule has 1 aromatic carbocycles. The molecule has 0 bridgehead atoms. The molecule has 17 heavy (non-hydrogen) atoms. The van der Waals surface area contributed by atoms with E-state index in [1.807, 2.05) is 36.5 Å². The predicted octanol–water partition coefficient (Wildman–Crippen LogP) is 2.21. The molecule has 88 valence electrons. The minimum atomic E-state index is 0.552. The van der Waals surface area contributed by atoms with E-state index in [-0.39, 0.29) is 0 Å². The molecule has 0 saturated heterocycles. The van der Waals surface area contributed by atoms with Crippen molar-refractivity contribution in [3.8, 4) is 0 Å². The lowest BCUT2D eigenvalue weighted by Crippen LogP contribution is -2.13. The Bertz CT molecular complexity index is 465. The molecule has 0 spiro atoms. The van der Waals surface area contributed by atoms with Crippen LogP contribution in [-0.2, 0) is 18.0 Å². The van der Waals surface area contributed by atoms with Gasteiger partial charge in [0.1, 0.15) is 0 Å². The molecule has 0 radical (unpaired) electrons. The number of rotatable bonds is 6. The lowest BCUT2D eigenvalue weighted by molar-refractivity contribution is 0.0235. The van der Waals surface area contributed by atoms with Crippen LogP contribution >= 0.6 is 0 Å². The Morgan fingerprint density at radius 1 is 1.29 bits per heavy atom. The van der Waals surface area contributed by atoms with Gasteiger partial charge in [-0.25, -0.2) is 4.68 Å². The Morgan fingerprint density at radius 2 is 2.12 bits per heavy atom. The molecule has 0 aliphatic heterocycles. The van der Waals surface area contributed by atoms with Gasteiger partial charge in [-0.05, 0) is 5.56 Å². The van der Waals surface area contributed by atoms with E-state index < -0.39 is 0 Å². The third-order valence-corrected chi connectivity index (χ3v) is 2.30. The van der Waals surface area contributed by atoms with Gasteiger partial charge in [0, 0.05) is 24.5 Å². The number of nitrogens with zero attached hydrogens (tertiary/aromatic N) is 2. The molecule has 0 fully saturated rings. The maximum Gasteiger partial charge on any atom is 0.0933 e. The summed E-state index contributed by atoms with van der Waals surface area (Å²) in [5, 5.41) is 4.07. The largest absolute Gasteiger partial charge is 0.297 e. The van der Waals surface area contributed by atoms with Crippen molar-refractivity contribution in [2.45, 2.75) is 13.2 Å². The molecule has 1 heterocycles. The van der Waals surface area contributed by atoms with E-state index in [0.29, 0.717) is 13.2 Å². The number of benzene rings is 1. The lowest BCUT2D eigenvalue weighted by atomic mass is 10.2. The number of hydroxylamine groups is 1. The second kappa shape index (κ2) is 5.98. The van der Waals surface area contributed by atoms with Crippen molar-refractivity contribution in [2.75, 3.05) is 0 Å². The highest BCUT2D eigenvalue weighted by Crippen LogP contribution is 2.00. The summed E-state index contributed by atoms with van der Waals surface area (Å²) in [7, 11) is 0. The molecule has 0 unspecified atom stereocenters. The van der Waals surface area contributed by atoms with Crippen LogP contribution in [0.1, 0.15) is 11.1 Å². The quantitative estimate of drug-likeness (QED) is 0.609. The van der Waals surface area contributed by atoms with Gasteiger partial charge < -0.3 is 0 Å². The average molecular weight is 229 g/mol. The topological polar surface area (TPSA) is 39.1 Å². The Balaban J connectivity index is 1.71. The highest BCUT2D eigenvalue weighted by atomic mass is 16.6. The lowest BCUT2D eigenvalue weighted by Gasteiger charge is -2.04. The molecular formula is C13H15N3O. The number of nitrogens with one attached hydrogen (secondary N) is 1. The Hall–Kier alpha value is -1.91. The first-order valence-electron chi connectivity index (χ1n) is 5.42. The molecule has 0 amide bonds. The minimum absolute atomic E-state index is 0.552. The first-order chi connectivity index (χ1) is 8.38. The van der Waals surface area contributed by atoms with Gasteiger partial charge in [-0.15, -0.1) is 0 Å². The van der Waals surface area contributed by atoms with Crippen molar-refractivity contribution >= 4 is 6.20 Å². The summed E-state index contributed by atoms with van der Waals surface area (Å²) < 4.78 is 1.66. The van der Waals surface area contributed by atoms with Crippen LogP contribution in [0.5, 0.6) is 0 Å². The van der Waals surface area contributed by atoms with Crippen LogP contribution in [0.3, 0.4) is 0 Å². The second-order valence-corrected chi connectivity index (χ2v) is 3.61. The first kappa shape index (κ1) is 11.6. The minimum Gasteiger partial charge on any atom is -0.297 e. The number of hydrogen-bond donors (Lipinski definition) is 1. The molecule has 2 rings (SSSR count). The van der Waals surface area contributed by atoms with Gasteiger partial charge in [-0.1, -0.05) is 36.9 Å². The Morgan fingerprint density at radius 3 is 2.82 bits per heavy atom. The van der Waals surface area contributed by atoms with Crippen LogP contribution < -0.4 is 5.48 Å². The fourth-order valence-electron chi connectivity index (χ4n) is 1.41. The third-order valence-electron chi connectivity index (χ3n) is 2.30. The molecule has 0 aliphatic rings. The number of hydrogen-bond acceptors (Lipinski definition) is 3. The van der Waals surface area contributed by atoms with E-state index in [4.69, 9.17) is 4.84 Å². The van der Waals surface area contributed by atoms with Crippen LogP contribution in [-0.4, -0.2) is 9.78 Å². The molecule has 0 saturated carbocycles. The highest BCUT2D eigenvalue weighted by molar-refractivity contribution is 5.17. The monoisotopic (exact) mass is 229 g/mol. The van der Waals surface area contributed by atoms with Gasteiger partial charge in [0.2, 0.25) is 0 Å². The van der Waals surface area contributed by atoms with Crippen molar-refractivity contribution in [3.63, 3.8) is 0 Å². The third kappa shape index (κ3) is 3.55. The van der Waals surface area contributed by atoms with Crippen molar-refractivity contribution in [3.05, 3.63) is 60.4 Å². The van der Waals surface area contributed by atoms with Crippen LogP contribution in [0.15, 0.2) is 49.3 Å². The van der Waals surface area contributed by atoms with E-state index in [0.717, 1.165) is 11.1 Å². The summed E-state index contributed by atoms with van der Waals surface area (Å²) in [5.74, 6) is 0. The summed E-state index contributed by atoms with van der Waals surface area (Å²) >= 11 is 0. The summed E-state index contributed by atoms with van der Waals surface area (Å²) in [6.07, 6.45) is 5.32. The summed E-state index contributed by atoms with van der Waals surface area (Å²) in [5.41, 5.74) is 5.09. The fourth-order valence-corrected chi connectivity index (χ4v) is 1.41. The zero-order chi connectivity index (χ0) is 11.9. The zero-order valence-electron chi connectivity index (χ0n) is 9.54. The van der Waals surface area contributed by atoms with Gasteiger partial charge in [-0.2, -0.15) is 10.6 Å². The number of aromatic nitrogens is 2. The molecule has 0 aliphatic carbocycles. The van der Waals surface area contributed by atoms with Crippen molar-refractivity contribution < 1.29 is 4.84 Å². The van der Waals surface area contributed by atoms with Crippen LogP contribution in [0.4, 0.5) is 0 Å². The predicted molar refractivity (Wildman–Crippen MR) is 66.7 cm³/mol. The zero-order valence-corrected chi connectivity index (χ0v) is 9.54. The normalized spacial score (nSPS) is 10.4. The molecule has 2 aromatic rings. The smallest absolute Gasteiger partial charge is 0.0933 e. The maximum atomic E-state index is 5.35. The van der Waals surface area contributed by atoms with Crippen LogP contribution in [0.25, 0.3) is 6.20 Å². The van der Waals surface area contributed by atoms with Crippen molar-refractivity contribution in [2.24, 2.45) is 0 Å². The second-order valence-electron chi connectivity index (χ2n) is 3.61. The van der Waals surface area contributed by atoms with Gasteiger partial charge in [-0.3, -0.25) is 4.84 Å². The van der Waals surface area contributed by atoms with Gasteiger partial charge >= 0.3 is 0 Å². The fraction of sp³-hybridized carbons (Fsp3) is 0.154. The van der Waals surface area contributed by atoms with E-state index in [1.54, 1.807) is 17.1 Å². The molecule has 1 N–H and O–H groups in total.